The highest BCUT2D eigenvalue weighted by atomic mass is 32.2. The Labute approximate surface area is 176 Å². The van der Waals surface area contributed by atoms with Gasteiger partial charge in [0.25, 0.3) is 0 Å². The number of benzene rings is 2. The second-order valence-electron chi connectivity index (χ2n) is 7.38. The number of hydrogen-bond acceptors (Lipinski definition) is 6. The van der Waals surface area contributed by atoms with Crippen LogP contribution in [0.25, 0.3) is 0 Å². The van der Waals surface area contributed by atoms with E-state index in [2.05, 4.69) is 17.0 Å². The predicted molar refractivity (Wildman–Crippen MR) is 113 cm³/mol. The highest BCUT2D eigenvalue weighted by molar-refractivity contribution is 7.94. The Morgan fingerprint density at radius 1 is 0.867 bits per heavy atom. The van der Waals surface area contributed by atoms with Crippen molar-refractivity contribution in [2.45, 2.75) is 17.9 Å². The first-order valence-electron chi connectivity index (χ1n) is 9.70. The van der Waals surface area contributed by atoms with Crippen LogP contribution >= 0.6 is 0 Å². The van der Waals surface area contributed by atoms with Crippen LogP contribution in [-0.2, 0) is 31.4 Å². The van der Waals surface area contributed by atoms with Gasteiger partial charge < -0.3 is 0 Å². The molecular formula is C20H23N3O5S2. The van der Waals surface area contributed by atoms with E-state index in [0.717, 1.165) is 10.8 Å². The lowest BCUT2D eigenvalue weighted by atomic mass is 10.2. The van der Waals surface area contributed by atoms with E-state index in [0.29, 0.717) is 26.2 Å². The number of sulfonamides is 2. The fraction of sp³-hybridized carbons (Fsp3) is 0.350. The molecule has 0 N–H and O–H groups in total. The van der Waals surface area contributed by atoms with Gasteiger partial charge in [0.1, 0.15) is 0 Å². The van der Waals surface area contributed by atoms with E-state index in [1.165, 1.54) is 34.1 Å². The molecule has 2 aliphatic rings. The van der Waals surface area contributed by atoms with Gasteiger partial charge in [0.15, 0.2) is 0 Å². The molecule has 0 aliphatic carbocycles. The maximum Gasteiger partial charge on any atom is 0.243 e. The second-order valence-corrected chi connectivity index (χ2v) is 11.3. The molecule has 160 valence electrons. The molecular weight excluding hydrogens is 426 g/mol. The molecule has 0 atom stereocenters. The molecule has 10 heteroatoms. The van der Waals surface area contributed by atoms with E-state index in [1.54, 1.807) is 0 Å². The number of anilines is 1. The van der Waals surface area contributed by atoms with E-state index in [1.807, 2.05) is 18.2 Å². The highest BCUT2D eigenvalue weighted by Crippen LogP contribution is 2.27. The molecule has 2 heterocycles. The Kier molecular flexibility index (Phi) is 5.67. The molecule has 0 saturated carbocycles. The molecule has 2 aromatic rings. The summed E-state index contributed by atoms with van der Waals surface area (Å²) in [6.07, 6.45) is -0.0599. The minimum absolute atomic E-state index is 0.0599. The Morgan fingerprint density at radius 2 is 1.50 bits per heavy atom. The fourth-order valence-electron chi connectivity index (χ4n) is 3.74. The smallest absolute Gasteiger partial charge is 0.243 e. The molecule has 2 fully saturated rings. The summed E-state index contributed by atoms with van der Waals surface area (Å²) in [5.41, 5.74) is 1.36. The van der Waals surface area contributed by atoms with Gasteiger partial charge in [0, 0.05) is 39.1 Å². The van der Waals surface area contributed by atoms with Crippen molar-refractivity contribution in [3.05, 3.63) is 60.2 Å². The molecule has 0 aromatic heterocycles. The van der Waals surface area contributed by atoms with Crippen LogP contribution in [0.15, 0.2) is 59.5 Å². The third-order valence-corrected chi connectivity index (χ3v) is 8.97. The van der Waals surface area contributed by atoms with E-state index < -0.39 is 26.0 Å². The first-order chi connectivity index (χ1) is 14.3. The van der Waals surface area contributed by atoms with Gasteiger partial charge in [-0.05, 0) is 29.8 Å². The molecule has 2 aliphatic heterocycles. The average Bonchev–Trinajstić information content (AvgIpc) is 3.01. The Morgan fingerprint density at radius 3 is 2.07 bits per heavy atom. The third-order valence-electron chi connectivity index (χ3n) is 5.37. The van der Waals surface area contributed by atoms with Crippen molar-refractivity contribution in [1.82, 2.24) is 9.21 Å². The molecule has 8 nitrogen and oxygen atoms in total. The molecule has 0 spiro atoms. The minimum atomic E-state index is -3.69. The van der Waals surface area contributed by atoms with E-state index in [9.17, 15) is 21.6 Å². The van der Waals surface area contributed by atoms with Gasteiger partial charge in [0.2, 0.25) is 26.0 Å². The SMILES string of the molecule is O=C1CCS(=O)(=O)N1c1ccc(S(=O)(=O)N2CCN(Cc3ccccc3)CC2)cc1. The van der Waals surface area contributed by atoms with Gasteiger partial charge in [-0.3, -0.25) is 9.69 Å². The van der Waals surface area contributed by atoms with E-state index in [4.69, 9.17) is 0 Å². The van der Waals surface area contributed by atoms with Crippen LogP contribution in [0.3, 0.4) is 0 Å². The normalized spacial score (nSPS) is 20.5. The van der Waals surface area contributed by atoms with Crippen LogP contribution in [0.1, 0.15) is 12.0 Å². The number of rotatable bonds is 5. The van der Waals surface area contributed by atoms with Gasteiger partial charge in [-0.15, -0.1) is 0 Å². The van der Waals surface area contributed by atoms with Gasteiger partial charge in [0.05, 0.1) is 16.3 Å². The predicted octanol–water partition coefficient (Wildman–Crippen LogP) is 1.26. The van der Waals surface area contributed by atoms with Crippen LogP contribution in [-0.4, -0.2) is 63.9 Å². The monoisotopic (exact) mass is 449 g/mol. The lowest BCUT2D eigenvalue weighted by Crippen LogP contribution is -2.48. The lowest BCUT2D eigenvalue weighted by Gasteiger charge is -2.34. The zero-order valence-corrected chi connectivity index (χ0v) is 18.0. The van der Waals surface area contributed by atoms with Gasteiger partial charge in [-0.25, -0.2) is 21.1 Å². The summed E-state index contributed by atoms with van der Waals surface area (Å²) in [4.78, 5) is 14.2. The molecule has 0 radical (unpaired) electrons. The van der Waals surface area contributed by atoms with Crippen LogP contribution in [0.5, 0.6) is 0 Å². The second kappa shape index (κ2) is 8.10. The summed E-state index contributed by atoms with van der Waals surface area (Å²) in [7, 11) is -7.36. The molecule has 1 amide bonds. The lowest BCUT2D eigenvalue weighted by molar-refractivity contribution is -0.116. The maximum absolute atomic E-state index is 13.0. The van der Waals surface area contributed by atoms with Gasteiger partial charge >= 0.3 is 0 Å². The first kappa shape index (κ1) is 21.0. The Balaban J connectivity index is 1.43. The van der Waals surface area contributed by atoms with Crippen molar-refractivity contribution in [2.75, 3.05) is 36.2 Å². The van der Waals surface area contributed by atoms with Gasteiger partial charge in [-0.2, -0.15) is 4.31 Å². The third kappa shape index (κ3) is 4.13. The standard InChI is InChI=1S/C20H23N3O5S2/c24-20-10-15-29(25,26)23(20)18-6-8-19(9-7-18)30(27,28)22-13-11-21(12-14-22)16-17-4-2-1-3-5-17/h1-9H,10-16H2. The van der Waals surface area contributed by atoms with Crippen molar-refractivity contribution in [3.63, 3.8) is 0 Å². The topological polar surface area (TPSA) is 95.1 Å². The summed E-state index contributed by atoms with van der Waals surface area (Å²) >= 11 is 0. The molecule has 2 saturated heterocycles. The van der Waals surface area contributed by atoms with Gasteiger partial charge in [-0.1, -0.05) is 30.3 Å². The molecule has 2 aromatic carbocycles. The average molecular weight is 450 g/mol. The number of hydrogen-bond donors (Lipinski definition) is 0. The van der Waals surface area contributed by atoms with E-state index >= 15 is 0 Å². The molecule has 30 heavy (non-hydrogen) atoms. The number of carbonyl (C=O) groups excluding carboxylic acids is 1. The molecule has 0 bridgehead atoms. The fourth-order valence-corrected chi connectivity index (χ4v) is 6.62. The maximum atomic E-state index is 13.0. The minimum Gasteiger partial charge on any atom is -0.296 e. The zero-order valence-electron chi connectivity index (χ0n) is 16.3. The van der Waals surface area contributed by atoms with Crippen LogP contribution in [0.4, 0.5) is 5.69 Å². The summed E-state index contributed by atoms with van der Waals surface area (Å²) in [6, 6.07) is 15.5. The summed E-state index contributed by atoms with van der Waals surface area (Å²) in [5, 5.41) is 0. The number of nitrogens with zero attached hydrogens (tertiary/aromatic N) is 3. The Bertz CT molecular complexity index is 1120. The largest absolute Gasteiger partial charge is 0.296 e. The zero-order chi connectivity index (χ0) is 21.4. The van der Waals surface area contributed by atoms with Crippen molar-refractivity contribution in [2.24, 2.45) is 0 Å². The molecule has 0 unspecified atom stereocenters. The van der Waals surface area contributed by atoms with Crippen molar-refractivity contribution >= 4 is 31.6 Å². The number of amides is 1. The highest BCUT2D eigenvalue weighted by Gasteiger charge is 2.36. The molecule has 4 rings (SSSR count). The summed E-state index contributed by atoms with van der Waals surface area (Å²) < 4.78 is 52.2. The van der Waals surface area contributed by atoms with Crippen LogP contribution in [0.2, 0.25) is 0 Å². The quantitative estimate of drug-likeness (QED) is 0.682. The first-order valence-corrected chi connectivity index (χ1v) is 12.7. The van der Waals surface area contributed by atoms with Crippen molar-refractivity contribution in [1.29, 1.82) is 0 Å². The number of piperazine rings is 1. The van der Waals surface area contributed by atoms with Crippen molar-refractivity contribution < 1.29 is 21.6 Å². The van der Waals surface area contributed by atoms with Crippen LogP contribution in [0, 0.1) is 0 Å². The van der Waals surface area contributed by atoms with E-state index in [-0.39, 0.29) is 22.8 Å². The summed E-state index contributed by atoms with van der Waals surface area (Å²) in [6.45, 7) is 2.81. The van der Waals surface area contributed by atoms with Crippen LogP contribution < -0.4 is 4.31 Å². The Hall–Kier alpha value is -2.27. The van der Waals surface area contributed by atoms with Crippen molar-refractivity contribution in [3.8, 4) is 0 Å². The number of carbonyl (C=O) groups is 1. The summed E-state index contributed by atoms with van der Waals surface area (Å²) in [5.74, 6) is -0.723.